The van der Waals surface area contributed by atoms with E-state index in [9.17, 15) is 9.59 Å². The van der Waals surface area contributed by atoms with Crippen LogP contribution in [0.3, 0.4) is 0 Å². The molecule has 0 saturated carbocycles. The van der Waals surface area contributed by atoms with Crippen molar-refractivity contribution in [3.63, 3.8) is 0 Å². The maximum absolute atomic E-state index is 12.8. The minimum Gasteiger partial charge on any atom is -0.497 e. The molecule has 0 saturated heterocycles. The smallest absolute Gasteiger partial charge is 0.268 e. The van der Waals surface area contributed by atoms with Gasteiger partial charge in [0.25, 0.3) is 11.8 Å². The average molecular weight is 420 g/mol. The summed E-state index contributed by atoms with van der Waals surface area (Å²) in [7, 11) is 1.55. The molecule has 1 heterocycles. The highest BCUT2D eigenvalue weighted by Gasteiger charge is 2.17. The van der Waals surface area contributed by atoms with Crippen molar-refractivity contribution in [2.24, 2.45) is 0 Å². The van der Waals surface area contributed by atoms with Crippen molar-refractivity contribution >= 4 is 17.9 Å². The fourth-order valence-electron chi connectivity index (χ4n) is 2.69. The number of benzene rings is 2. The molecule has 1 atom stereocenters. The highest BCUT2D eigenvalue weighted by atomic mass is 16.5. The number of carbonyl (C=O) groups excluding carboxylic acids is 2. The van der Waals surface area contributed by atoms with Crippen LogP contribution in [0.4, 0.5) is 0 Å². The summed E-state index contributed by atoms with van der Waals surface area (Å²) in [6.45, 7) is 2.09. The van der Waals surface area contributed by atoms with Gasteiger partial charge in [0.15, 0.2) is 0 Å². The van der Waals surface area contributed by atoms with E-state index in [-0.39, 0.29) is 18.3 Å². The Kier molecular flexibility index (Phi) is 7.48. The van der Waals surface area contributed by atoms with Gasteiger partial charge in [0.05, 0.1) is 19.4 Å². The van der Waals surface area contributed by atoms with E-state index in [1.54, 1.807) is 43.5 Å². The molecule has 31 heavy (non-hydrogen) atoms. The van der Waals surface area contributed by atoms with E-state index >= 15 is 0 Å². The van der Waals surface area contributed by atoms with Crippen molar-refractivity contribution in [2.45, 2.75) is 13.0 Å². The van der Waals surface area contributed by atoms with Crippen LogP contribution in [-0.4, -0.2) is 31.6 Å². The van der Waals surface area contributed by atoms with Crippen LogP contribution in [0.5, 0.6) is 11.5 Å². The quantitative estimate of drug-likeness (QED) is 0.516. The van der Waals surface area contributed by atoms with Crippen molar-refractivity contribution < 1.29 is 23.5 Å². The van der Waals surface area contributed by atoms with Gasteiger partial charge in [-0.1, -0.05) is 18.2 Å². The molecular formula is C24H24N2O5. The maximum atomic E-state index is 12.8. The Hall–Kier alpha value is -4.00. The number of hydrogen-bond donors (Lipinski definition) is 2. The van der Waals surface area contributed by atoms with Gasteiger partial charge in [-0.3, -0.25) is 9.59 Å². The lowest BCUT2D eigenvalue weighted by atomic mass is 10.2. The molecule has 2 N–H and O–H groups in total. The van der Waals surface area contributed by atoms with Crippen LogP contribution in [0.2, 0.25) is 0 Å². The molecule has 2 amide bonds. The molecule has 0 radical (unpaired) electrons. The van der Waals surface area contributed by atoms with Gasteiger partial charge in [-0.05, 0) is 55.5 Å². The molecule has 0 aliphatic carbocycles. The summed E-state index contributed by atoms with van der Waals surface area (Å²) in [5, 5.41) is 5.49. The summed E-state index contributed by atoms with van der Waals surface area (Å²) in [4.78, 5) is 25.5. The Morgan fingerprint density at radius 1 is 1.00 bits per heavy atom. The van der Waals surface area contributed by atoms with Gasteiger partial charge >= 0.3 is 0 Å². The van der Waals surface area contributed by atoms with Crippen molar-refractivity contribution in [1.29, 1.82) is 0 Å². The Labute approximate surface area is 180 Å². The molecule has 0 aliphatic rings. The summed E-state index contributed by atoms with van der Waals surface area (Å²) in [5.74, 6) is 0.898. The van der Waals surface area contributed by atoms with Crippen LogP contribution in [0, 0.1) is 0 Å². The summed E-state index contributed by atoms with van der Waals surface area (Å²) >= 11 is 0. The Morgan fingerprint density at radius 2 is 1.74 bits per heavy atom. The molecule has 7 heteroatoms. The SMILES string of the molecule is COc1ccc(C(=O)N/C(=C\c2ccco2)C(=O)N[C@@H](C)COc2ccccc2)cc1. The first kappa shape index (κ1) is 21.7. The van der Waals surface area contributed by atoms with Gasteiger partial charge in [-0.2, -0.15) is 0 Å². The van der Waals surface area contributed by atoms with Crippen molar-refractivity contribution in [3.8, 4) is 11.5 Å². The van der Waals surface area contributed by atoms with Crippen LogP contribution in [0.15, 0.2) is 83.1 Å². The van der Waals surface area contributed by atoms with Crippen LogP contribution < -0.4 is 20.1 Å². The molecule has 0 bridgehead atoms. The van der Waals surface area contributed by atoms with Crippen LogP contribution in [0.25, 0.3) is 6.08 Å². The third-order valence-corrected chi connectivity index (χ3v) is 4.30. The van der Waals surface area contributed by atoms with Crippen molar-refractivity contribution in [1.82, 2.24) is 10.6 Å². The second-order valence-electron chi connectivity index (χ2n) is 6.75. The molecule has 2 aromatic carbocycles. The first-order valence-electron chi connectivity index (χ1n) is 9.74. The Morgan fingerprint density at radius 3 is 2.39 bits per heavy atom. The van der Waals surface area contributed by atoms with Gasteiger partial charge in [0.1, 0.15) is 29.6 Å². The number of nitrogens with one attached hydrogen (secondary N) is 2. The third-order valence-electron chi connectivity index (χ3n) is 4.30. The molecule has 0 aliphatic heterocycles. The zero-order chi connectivity index (χ0) is 22.1. The second kappa shape index (κ2) is 10.7. The van der Waals surface area contributed by atoms with Crippen molar-refractivity contribution in [3.05, 3.63) is 90.0 Å². The van der Waals surface area contributed by atoms with Gasteiger partial charge < -0.3 is 24.5 Å². The third kappa shape index (κ3) is 6.50. The van der Waals surface area contributed by atoms with E-state index in [4.69, 9.17) is 13.9 Å². The standard InChI is InChI=1S/C24H24N2O5/c1-17(16-31-20-7-4-3-5-8-20)25-24(28)22(15-21-9-6-14-30-21)26-23(27)18-10-12-19(29-2)13-11-18/h3-15,17H,16H2,1-2H3,(H,25,28)(H,26,27)/b22-15-/t17-/m0/s1. The number of rotatable bonds is 9. The molecule has 0 unspecified atom stereocenters. The Bertz CT molecular complexity index is 1010. The molecular weight excluding hydrogens is 396 g/mol. The fourth-order valence-corrected chi connectivity index (χ4v) is 2.69. The van der Waals surface area contributed by atoms with E-state index in [1.807, 2.05) is 37.3 Å². The van der Waals surface area contributed by atoms with Crippen LogP contribution >= 0.6 is 0 Å². The molecule has 0 spiro atoms. The normalized spacial score (nSPS) is 12.0. The van der Waals surface area contributed by atoms with E-state index < -0.39 is 11.8 Å². The fraction of sp³-hybridized carbons (Fsp3) is 0.167. The largest absolute Gasteiger partial charge is 0.497 e. The van der Waals surface area contributed by atoms with Gasteiger partial charge in [0, 0.05) is 11.6 Å². The highest BCUT2D eigenvalue weighted by Crippen LogP contribution is 2.13. The lowest BCUT2D eigenvalue weighted by Crippen LogP contribution is -2.41. The predicted molar refractivity (Wildman–Crippen MR) is 117 cm³/mol. The first-order chi connectivity index (χ1) is 15.0. The first-order valence-corrected chi connectivity index (χ1v) is 9.74. The van der Waals surface area contributed by atoms with Crippen LogP contribution in [-0.2, 0) is 4.79 Å². The van der Waals surface area contributed by atoms with E-state index in [2.05, 4.69) is 10.6 Å². The molecule has 7 nitrogen and oxygen atoms in total. The highest BCUT2D eigenvalue weighted by molar-refractivity contribution is 6.05. The number of ether oxygens (including phenoxy) is 2. The van der Waals surface area contributed by atoms with E-state index in [0.29, 0.717) is 22.8 Å². The zero-order valence-electron chi connectivity index (χ0n) is 17.3. The lowest BCUT2D eigenvalue weighted by Gasteiger charge is -2.17. The molecule has 3 aromatic rings. The van der Waals surface area contributed by atoms with Crippen LogP contribution in [0.1, 0.15) is 23.0 Å². The Balaban J connectivity index is 1.67. The summed E-state index contributed by atoms with van der Waals surface area (Å²) in [5.41, 5.74) is 0.446. The number of hydrogen-bond acceptors (Lipinski definition) is 5. The number of carbonyl (C=O) groups is 2. The zero-order valence-corrected chi connectivity index (χ0v) is 17.3. The number of amides is 2. The minimum absolute atomic E-state index is 0.0577. The summed E-state index contributed by atoms with van der Waals surface area (Å²) in [6, 6.07) is 19.0. The van der Waals surface area contributed by atoms with Gasteiger partial charge in [0.2, 0.25) is 0 Å². The van der Waals surface area contributed by atoms with Crippen molar-refractivity contribution in [2.75, 3.05) is 13.7 Å². The van der Waals surface area contributed by atoms with E-state index in [0.717, 1.165) is 0 Å². The molecule has 1 aromatic heterocycles. The molecule has 160 valence electrons. The molecule has 3 rings (SSSR count). The van der Waals surface area contributed by atoms with Gasteiger partial charge in [-0.15, -0.1) is 0 Å². The topological polar surface area (TPSA) is 89.8 Å². The second-order valence-corrected chi connectivity index (χ2v) is 6.75. The summed E-state index contributed by atoms with van der Waals surface area (Å²) in [6.07, 6.45) is 2.96. The predicted octanol–water partition coefficient (Wildman–Crippen LogP) is 3.64. The number of furan rings is 1. The van der Waals surface area contributed by atoms with Gasteiger partial charge in [-0.25, -0.2) is 0 Å². The lowest BCUT2D eigenvalue weighted by molar-refractivity contribution is -0.118. The molecule has 0 fully saturated rings. The maximum Gasteiger partial charge on any atom is 0.268 e. The van der Waals surface area contributed by atoms with E-state index in [1.165, 1.54) is 12.3 Å². The minimum atomic E-state index is -0.456. The average Bonchev–Trinajstić information content (AvgIpc) is 3.31. The summed E-state index contributed by atoms with van der Waals surface area (Å²) < 4.78 is 16.1. The number of para-hydroxylation sites is 1. The number of methoxy groups -OCH3 is 1. The monoisotopic (exact) mass is 420 g/mol.